The third kappa shape index (κ3) is 8.51. The van der Waals surface area contributed by atoms with Gasteiger partial charge in [0.15, 0.2) is 0 Å². The highest BCUT2D eigenvalue weighted by Gasteiger charge is 2.35. The molecule has 0 radical (unpaired) electrons. The molecule has 0 saturated heterocycles. The van der Waals surface area contributed by atoms with Crippen LogP contribution in [0.2, 0.25) is 0 Å². The first-order chi connectivity index (χ1) is 21.6. The molecule has 0 aliphatic heterocycles. The van der Waals surface area contributed by atoms with Crippen LogP contribution < -0.4 is 14.4 Å². The Morgan fingerprint density at radius 3 is 2.11 bits per heavy atom. The SMILES string of the molecule is CC[C@@H](C)NC(=O)[C@H](Cc1ccccc1)N(Cc1cccc(OC)c1)C(=O)CN(c1ccccc1C)S(=O)(=O)c1ccccc1. The van der Waals surface area contributed by atoms with Crippen molar-refractivity contribution in [1.82, 2.24) is 10.2 Å². The zero-order valence-corrected chi connectivity index (χ0v) is 27.0. The summed E-state index contributed by atoms with van der Waals surface area (Å²) < 4.78 is 34.8. The second kappa shape index (κ2) is 15.4. The Morgan fingerprint density at radius 1 is 0.844 bits per heavy atom. The van der Waals surface area contributed by atoms with Crippen molar-refractivity contribution < 1.29 is 22.7 Å². The fourth-order valence-electron chi connectivity index (χ4n) is 5.04. The number of nitrogens with one attached hydrogen (secondary N) is 1. The van der Waals surface area contributed by atoms with Crippen LogP contribution in [0.4, 0.5) is 5.69 Å². The average Bonchev–Trinajstić information content (AvgIpc) is 3.06. The number of hydrogen-bond donors (Lipinski definition) is 1. The van der Waals surface area contributed by atoms with E-state index in [9.17, 15) is 18.0 Å². The maximum absolute atomic E-state index is 14.6. The maximum atomic E-state index is 14.6. The van der Waals surface area contributed by atoms with Crippen LogP contribution in [0.15, 0.2) is 114 Å². The number of para-hydroxylation sites is 1. The van der Waals surface area contributed by atoms with Crippen LogP contribution in [-0.2, 0) is 32.6 Å². The monoisotopic (exact) mass is 627 g/mol. The lowest BCUT2D eigenvalue weighted by Gasteiger charge is -2.34. The predicted molar refractivity (Wildman–Crippen MR) is 178 cm³/mol. The fraction of sp³-hybridized carbons (Fsp3) is 0.278. The van der Waals surface area contributed by atoms with Gasteiger partial charge in [-0.2, -0.15) is 0 Å². The van der Waals surface area contributed by atoms with E-state index in [0.717, 1.165) is 15.4 Å². The second-order valence-electron chi connectivity index (χ2n) is 11.0. The highest BCUT2D eigenvalue weighted by atomic mass is 32.2. The van der Waals surface area contributed by atoms with Crippen molar-refractivity contribution in [2.75, 3.05) is 18.0 Å². The Bertz CT molecular complexity index is 1680. The molecule has 4 aromatic carbocycles. The van der Waals surface area contributed by atoms with Crippen LogP contribution in [0.25, 0.3) is 0 Å². The molecular formula is C36H41N3O5S. The molecule has 2 atom stereocenters. The Kier molecular flexibility index (Phi) is 11.4. The fourth-order valence-corrected chi connectivity index (χ4v) is 6.54. The number of aryl methyl sites for hydroxylation is 1. The lowest BCUT2D eigenvalue weighted by Crippen LogP contribution is -2.54. The van der Waals surface area contributed by atoms with Gasteiger partial charge in [-0.05, 0) is 67.3 Å². The summed E-state index contributed by atoms with van der Waals surface area (Å²) in [6.07, 6.45) is 0.957. The summed E-state index contributed by atoms with van der Waals surface area (Å²) in [5.74, 6) is -0.213. The molecule has 0 saturated carbocycles. The van der Waals surface area contributed by atoms with Crippen LogP contribution in [0.5, 0.6) is 5.75 Å². The normalized spacial score (nSPS) is 12.5. The predicted octanol–water partition coefficient (Wildman–Crippen LogP) is 5.75. The molecule has 45 heavy (non-hydrogen) atoms. The molecule has 0 aromatic heterocycles. The minimum atomic E-state index is -4.15. The molecule has 0 unspecified atom stereocenters. The van der Waals surface area contributed by atoms with E-state index in [-0.39, 0.29) is 29.8 Å². The van der Waals surface area contributed by atoms with Gasteiger partial charge >= 0.3 is 0 Å². The highest BCUT2D eigenvalue weighted by molar-refractivity contribution is 7.92. The number of hydrogen-bond acceptors (Lipinski definition) is 5. The van der Waals surface area contributed by atoms with Gasteiger partial charge in [0.05, 0.1) is 17.7 Å². The molecule has 4 aromatic rings. The van der Waals surface area contributed by atoms with Gasteiger partial charge in [0.25, 0.3) is 10.0 Å². The molecule has 0 aliphatic carbocycles. The van der Waals surface area contributed by atoms with E-state index in [0.29, 0.717) is 23.4 Å². The quantitative estimate of drug-likeness (QED) is 0.192. The zero-order chi connectivity index (χ0) is 32.4. The van der Waals surface area contributed by atoms with Crippen molar-refractivity contribution in [2.45, 2.75) is 57.1 Å². The largest absolute Gasteiger partial charge is 0.497 e. The smallest absolute Gasteiger partial charge is 0.264 e. The number of sulfonamides is 1. The van der Waals surface area contributed by atoms with Crippen LogP contribution in [0, 0.1) is 6.92 Å². The highest BCUT2D eigenvalue weighted by Crippen LogP contribution is 2.28. The molecular weight excluding hydrogens is 586 g/mol. The standard InChI is InChI=1S/C36H41N3O5S/c1-5-28(3)37-36(41)34(24-29-16-8-6-9-17-29)38(25-30-18-14-19-31(23-30)44-4)35(40)26-39(33-22-13-12-15-27(33)2)45(42,43)32-20-10-7-11-21-32/h6-23,28,34H,5,24-26H2,1-4H3,(H,37,41)/t28-,34+/m1/s1. The number of ether oxygens (including phenoxy) is 1. The van der Waals surface area contributed by atoms with Crippen molar-refractivity contribution >= 4 is 27.5 Å². The molecule has 0 fully saturated rings. The molecule has 0 spiro atoms. The van der Waals surface area contributed by atoms with E-state index in [1.807, 2.05) is 68.4 Å². The molecule has 4 rings (SSSR count). The van der Waals surface area contributed by atoms with Gasteiger partial charge in [-0.15, -0.1) is 0 Å². The number of anilines is 1. The van der Waals surface area contributed by atoms with Gasteiger partial charge in [-0.25, -0.2) is 8.42 Å². The first-order valence-electron chi connectivity index (χ1n) is 15.0. The van der Waals surface area contributed by atoms with Gasteiger partial charge in [0.1, 0.15) is 18.3 Å². The summed E-state index contributed by atoms with van der Waals surface area (Å²) in [4.78, 5) is 30.1. The second-order valence-corrected chi connectivity index (χ2v) is 12.9. The van der Waals surface area contributed by atoms with E-state index in [1.54, 1.807) is 56.5 Å². The molecule has 8 nitrogen and oxygen atoms in total. The number of carbonyl (C=O) groups is 2. The zero-order valence-electron chi connectivity index (χ0n) is 26.2. The number of benzene rings is 4. The molecule has 0 aliphatic rings. The van der Waals surface area contributed by atoms with Crippen LogP contribution >= 0.6 is 0 Å². The number of amides is 2. The Morgan fingerprint density at radius 2 is 1.47 bits per heavy atom. The first-order valence-corrected chi connectivity index (χ1v) is 16.5. The molecule has 9 heteroatoms. The summed E-state index contributed by atoms with van der Waals surface area (Å²) in [7, 11) is -2.59. The van der Waals surface area contributed by atoms with Gasteiger partial charge in [-0.1, -0.05) is 85.8 Å². The maximum Gasteiger partial charge on any atom is 0.264 e. The van der Waals surface area contributed by atoms with Crippen LogP contribution in [0.3, 0.4) is 0 Å². The molecule has 1 N–H and O–H groups in total. The summed E-state index contributed by atoms with van der Waals surface area (Å²) in [6, 6.07) is 30.9. The Labute approximate surface area is 266 Å². The van der Waals surface area contributed by atoms with Crippen LogP contribution in [-0.4, -0.2) is 50.9 Å². The molecule has 236 valence electrons. The van der Waals surface area contributed by atoms with E-state index >= 15 is 0 Å². The minimum Gasteiger partial charge on any atom is -0.497 e. The lowest BCUT2D eigenvalue weighted by molar-refractivity contribution is -0.140. The number of rotatable bonds is 14. The third-order valence-electron chi connectivity index (χ3n) is 7.75. The Balaban J connectivity index is 1.82. The summed E-state index contributed by atoms with van der Waals surface area (Å²) in [5, 5.41) is 3.05. The molecule has 0 bridgehead atoms. The van der Waals surface area contributed by atoms with Crippen molar-refractivity contribution in [3.05, 3.63) is 126 Å². The summed E-state index contributed by atoms with van der Waals surface area (Å²) in [6.45, 7) is 5.25. The van der Waals surface area contributed by atoms with Crippen molar-refractivity contribution in [3.63, 3.8) is 0 Å². The third-order valence-corrected chi connectivity index (χ3v) is 9.53. The summed E-state index contributed by atoms with van der Waals surface area (Å²) >= 11 is 0. The first kappa shape index (κ1) is 33.3. The Hall–Kier alpha value is -4.63. The number of carbonyl (C=O) groups excluding carboxylic acids is 2. The van der Waals surface area contributed by atoms with Gasteiger partial charge in [0.2, 0.25) is 11.8 Å². The van der Waals surface area contributed by atoms with Crippen molar-refractivity contribution in [3.8, 4) is 5.75 Å². The van der Waals surface area contributed by atoms with E-state index in [4.69, 9.17) is 4.74 Å². The van der Waals surface area contributed by atoms with E-state index in [2.05, 4.69) is 5.32 Å². The number of methoxy groups -OCH3 is 1. The topological polar surface area (TPSA) is 96.0 Å². The van der Waals surface area contributed by atoms with Crippen LogP contribution in [0.1, 0.15) is 37.0 Å². The van der Waals surface area contributed by atoms with Gasteiger partial charge in [0, 0.05) is 19.0 Å². The van der Waals surface area contributed by atoms with Gasteiger partial charge < -0.3 is 15.0 Å². The van der Waals surface area contributed by atoms with Crippen molar-refractivity contribution in [1.29, 1.82) is 0 Å². The minimum absolute atomic E-state index is 0.0639. The molecule has 0 heterocycles. The molecule has 2 amide bonds. The number of nitrogens with zero attached hydrogens (tertiary/aromatic N) is 2. The van der Waals surface area contributed by atoms with E-state index in [1.165, 1.54) is 17.0 Å². The van der Waals surface area contributed by atoms with E-state index < -0.39 is 28.5 Å². The van der Waals surface area contributed by atoms with Gasteiger partial charge in [-0.3, -0.25) is 13.9 Å². The van der Waals surface area contributed by atoms with Crippen molar-refractivity contribution in [2.24, 2.45) is 0 Å². The summed E-state index contributed by atoms with van der Waals surface area (Å²) in [5.41, 5.74) is 2.70. The lowest BCUT2D eigenvalue weighted by atomic mass is 10.0. The average molecular weight is 628 g/mol.